The van der Waals surface area contributed by atoms with Crippen molar-refractivity contribution in [2.45, 2.75) is 58.5 Å². The van der Waals surface area contributed by atoms with Crippen molar-refractivity contribution in [3.8, 4) is 0 Å². The minimum absolute atomic E-state index is 0.205. The van der Waals surface area contributed by atoms with Gasteiger partial charge in [-0.1, -0.05) is 6.92 Å². The van der Waals surface area contributed by atoms with E-state index in [0.29, 0.717) is 5.92 Å². The molecule has 0 spiro atoms. The summed E-state index contributed by atoms with van der Waals surface area (Å²) in [5.74, 6) is 0.451. The topological polar surface area (TPSA) is 59.7 Å². The maximum absolute atomic E-state index is 12.2. The molecule has 24 heavy (non-hydrogen) atoms. The van der Waals surface area contributed by atoms with E-state index in [0.717, 1.165) is 38.0 Å². The normalized spacial score (nSPS) is 16.6. The van der Waals surface area contributed by atoms with Crippen molar-refractivity contribution in [1.82, 2.24) is 19.5 Å². The quantitative estimate of drug-likeness (QED) is 0.847. The highest BCUT2D eigenvalue weighted by Crippen LogP contribution is 2.31. The van der Waals surface area contributed by atoms with Gasteiger partial charge in [0.25, 0.3) is 0 Å². The van der Waals surface area contributed by atoms with Gasteiger partial charge in [0.2, 0.25) is 0 Å². The molecule has 0 atom stereocenters. The van der Waals surface area contributed by atoms with Crippen LogP contribution in [0.15, 0.2) is 18.6 Å². The summed E-state index contributed by atoms with van der Waals surface area (Å²) >= 11 is 0. The van der Waals surface area contributed by atoms with Crippen LogP contribution in [0.5, 0.6) is 0 Å². The summed E-state index contributed by atoms with van der Waals surface area (Å²) in [4.78, 5) is 18.3. The number of amides is 1. The summed E-state index contributed by atoms with van der Waals surface area (Å²) in [6, 6.07) is 2.13. The molecule has 6 heteroatoms. The molecule has 1 fully saturated rings. The Morgan fingerprint density at radius 2 is 2.04 bits per heavy atom. The molecule has 1 aliphatic rings. The minimum Gasteiger partial charge on any atom is -0.444 e. The third-order valence-electron chi connectivity index (χ3n) is 4.50. The zero-order valence-corrected chi connectivity index (χ0v) is 15.0. The predicted octanol–water partition coefficient (Wildman–Crippen LogP) is 3.41. The number of piperidine rings is 1. The monoisotopic (exact) mass is 330 g/mol. The second-order valence-corrected chi connectivity index (χ2v) is 7.41. The SMILES string of the molecule is CCc1cc2ncnn2cc1C1CCN(C(=O)OC(C)(C)C)CC1. The van der Waals surface area contributed by atoms with Gasteiger partial charge >= 0.3 is 6.09 Å². The Bertz CT molecular complexity index is 724. The van der Waals surface area contributed by atoms with Crippen LogP contribution in [0.3, 0.4) is 0 Å². The number of aromatic nitrogens is 3. The molecular formula is C18H26N4O2. The lowest BCUT2D eigenvalue weighted by molar-refractivity contribution is 0.0204. The van der Waals surface area contributed by atoms with Crippen LogP contribution in [-0.4, -0.2) is 44.3 Å². The van der Waals surface area contributed by atoms with Gasteiger partial charge in [0, 0.05) is 19.3 Å². The molecule has 1 aliphatic heterocycles. The number of pyridine rings is 1. The molecule has 3 heterocycles. The summed E-state index contributed by atoms with van der Waals surface area (Å²) in [7, 11) is 0. The molecule has 0 saturated carbocycles. The van der Waals surface area contributed by atoms with Gasteiger partial charge < -0.3 is 9.64 Å². The fourth-order valence-electron chi connectivity index (χ4n) is 3.29. The second-order valence-electron chi connectivity index (χ2n) is 7.41. The van der Waals surface area contributed by atoms with Crippen LogP contribution in [0, 0.1) is 0 Å². The number of rotatable bonds is 2. The molecular weight excluding hydrogens is 304 g/mol. The van der Waals surface area contributed by atoms with E-state index in [1.807, 2.05) is 30.2 Å². The Morgan fingerprint density at radius 1 is 1.33 bits per heavy atom. The average Bonchev–Trinajstić information content (AvgIpc) is 2.99. The van der Waals surface area contributed by atoms with Crippen molar-refractivity contribution in [3.05, 3.63) is 29.7 Å². The first-order chi connectivity index (χ1) is 11.4. The first kappa shape index (κ1) is 16.7. The standard InChI is InChI=1S/C18H26N4O2/c1-5-13-10-16-19-12-20-22(16)11-15(13)14-6-8-21(9-7-14)17(23)24-18(2,3)4/h10-12,14H,5-9H2,1-4H3. The Hall–Kier alpha value is -2.11. The fourth-order valence-corrected chi connectivity index (χ4v) is 3.29. The van der Waals surface area contributed by atoms with Gasteiger partial charge in [0.15, 0.2) is 5.65 Å². The van der Waals surface area contributed by atoms with Crippen molar-refractivity contribution in [2.24, 2.45) is 0 Å². The van der Waals surface area contributed by atoms with Gasteiger partial charge in [0.05, 0.1) is 0 Å². The third-order valence-corrected chi connectivity index (χ3v) is 4.50. The lowest BCUT2D eigenvalue weighted by Gasteiger charge is -2.34. The van der Waals surface area contributed by atoms with Gasteiger partial charge in [-0.15, -0.1) is 0 Å². The number of hydrogen-bond acceptors (Lipinski definition) is 4. The molecule has 1 saturated heterocycles. The predicted molar refractivity (Wildman–Crippen MR) is 92.1 cm³/mol. The highest BCUT2D eigenvalue weighted by molar-refractivity contribution is 5.68. The van der Waals surface area contributed by atoms with E-state index in [1.54, 1.807) is 6.33 Å². The van der Waals surface area contributed by atoms with E-state index >= 15 is 0 Å². The lowest BCUT2D eigenvalue weighted by atomic mass is 9.87. The van der Waals surface area contributed by atoms with Crippen LogP contribution in [0.2, 0.25) is 0 Å². The summed E-state index contributed by atoms with van der Waals surface area (Å²) in [6.07, 6.45) is 6.37. The molecule has 0 aliphatic carbocycles. The Labute approximate surface area is 142 Å². The molecule has 1 amide bonds. The molecule has 0 unspecified atom stereocenters. The third kappa shape index (κ3) is 3.52. The minimum atomic E-state index is -0.443. The summed E-state index contributed by atoms with van der Waals surface area (Å²) in [5, 5.41) is 4.25. The molecule has 3 rings (SSSR count). The van der Waals surface area contributed by atoms with E-state index in [9.17, 15) is 4.79 Å². The van der Waals surface area contributed by atoms with Gasteiger partial charge in [0.1, 0.15) is 11.9 Å². The molecule has 130 valence electrons. The second kappa shape index (κ2) is 6.42. The molecule has 2 aromatic rings. The number of carbonyl (C=O) groups is 1. The average molecular weight is 330 g/mol. The summed E-state index contributed by atoms with van der Waals surface area (Å²) in [5.41, 5.74) is 3.11. The number of ether oxygens (including phenoxy) is 1. The van der Waals surface area contributed by atoms with Gasteiger partial charge in [-0.25, -0.2) is 14.3 Å². The van der Waals surface area contributed by atoms with Gasteiger partial charge in [-0.3, -0.25) is 0 Å². The van der Waals surface area contributed by atoms with Crippen molar-refractivity contribution in [3.63, 3.8) is 0 Å². The Kier molecular flexibility index (Phi) is 4.47. The number of fused-ring (bicyclic) bond motifs is 1. The first-order valence-corrected chi connectivity index (χ1v) is 8.67. The smallest absolute Gasteiger partial charge is 0.410 e. The zero-order chi connectivity index (χ0) is 17.3. The molecule has 0 radical (unpaired) electrons. The maximum atomic E-state index is 12.2. The van der Waals surface area contributed by atoms with Gasteiger partial charge in [-0.05, 0) is 63.1 Å². The van der Waals surface area contributed by atoms with Crippen LogP contribution in [0.1, 0.15) is 57.6 Å². The van der Waals surface area contributed by atoms with Crippen molar-refractivity contribution in [2.75, 3.05) is 13.1 Å². The molecule has 0 bridgehead atoms. The van der Waals surface area contributed by atoms with E-state index in [2.05, 4.69) is 29.3 Å². The van der Waals surface area contributed by atoms with Crippen LogP contribution in [0.25, 0.3) is 5.65 Å². The fraction of sp³-hybridized carbons (Fsp3) is 0.611. The molecule has 0 aromatic carbocycles. The van der Waals surface area contributed by atoms with Crippen LogP contribution in [0.4, 0.5) is 4.79 Å². The number of nitrogens with zero attached hydrogens (tertiary/aromatic N) is 4. The van der Waals surface area contributed by atoms with Crippen molar-refractivity contribution < 1.29 is 9.53 Å². The highest BCUT2D eigenvalue weighted by Gasteiger charge is 2.28. The number of aryl methyl sites for hydroxylation is 1. The molecule has 0 N–H and O–H groups in total. The van der Waals surface area contributed by atoms with E-state index < -0.39 is 5.60 Å². The largest absolute Gasteiger partial charge is 0.444 e. The van der Waals surface area contributed by atoms with Crippen molar-refractivity contribution >= 4 is 11.7 Å². The number of carbonyl (C=O) groups excluding carboxylic acids is 1. The molecule has 6 nitrogen and oxygen atoms in total. The summed E-state index contributed by atoms with van der Waals surface area (Å²) < 4.78 is 7.32. The van der Waals surface area contributed by atoms with Gasteiger partial charge in [-0.2, -0.15) is 5.10 Å². The van der Waals surface area contributed by atoms with Crippen molar-refractivity contribution in [1.29, 1.82) is 0 Å². The van der Waals surface area contributed by atoms with Crippen LogP contribution in [-0.2, 0) is 11.2 Å². The summed E-state index contributed by atoms with van der Waals surface area (Å²) in [6.45, 7) is 9.34. The van der Waals surface area contributed by atoms with E-state index in [-0.39, 0.29) is 6.09 Å². The first-order valence-electron chi connectivity index (χ1n) is 8.67. The maximum Gasteiger partial charge on any atom is 0.410 e. The van der Waals surface area contributed by atoms with Crippen LogP contribution < -0.4 is 0 Å². The zero-order valence-electron chi connectivity index (χ0n) is 15.0. The number of likely N-dealkylation sites (tertiary alicyclic amines) is 1. The van der Waals surface area contributed by atoms with E-state index in [4.69, 9.17) is 4.74 Å². The van der Waals surface area contributed by atoms with E-state index in [1.165, 1.54) is 11.1 Å². The Morgan fingerprint density at radius 3 is 2.67 bits per heavy atom. The number of hydrogen-bond donors (Lipinski definition) is 0. The van der Waals surface area contributed by atoms with Crippen LogP contribution >= 0.6 is 0 Å². The molecule has 2 aromatic heterocycles. The Balaban J connectivity index is 1.71. The highest BCUT2D eigenvalue weighted by atomic mass is 16.6. The lowest BCUT2D eigenvalue weighted by Crippen LogP contribution is -2.41.